The van der Waals surface area contributed by atoms with E-state index in [9.17, 15) is 8.42 Å². The molecule has 5 rings (SSSR count). The summed E-state index contributed by atoms with van der Waals surface area (Å²) in [5, 5.41) is 8.30. The van der Waals surface area contributed by atoms with Crippen molar-refractivity contribution in [3.8, 4) is 16.9 Å². The van der Waals surface area contributed by atoms with E-state index in [-0.39, 0.29) is 6.04 Å². The van der Waals surface area contributed by atoms with E-state index in [1.54, 1.807) is 22.9 Å². The van der Waals surface area contributed by atoms with Crippen molar-refractivity contribution >= 4 is 10.0 Å². The van der Waals surface area contributed by atoms with Gasteiger partial charge in [-0.3, -0.25) is 0 Å². The highest BCUT2D eigenvalue weighted by atomic mass is 32.2. The second-order valence-electron chi connectivity index (χ2n) is 7.66. The molecule has 0 spiro atoms. The predicted molar refractivity (Wildman–Crippen MR) is 120 cm³/mol. The first-order chi connectivity index (χ1) is 15.6. The van der Waals surface area contributed by atoms with Crippen molar-refractivity contribution in [1.29, 1.82) is 0 Å². The second kappa shape index (κ2) is 8.57. The van der Waals surface area contributed by atoms with Gasteiger partial charge in [0.05, 0.1) is 17.1 Å². The fourth-order valence-electron chi connectivity index (χ4n) is 3.63. The van der Waals surface area contributed by atoms with Gasteiger partial charge in [0.1, 0.15) is 18.1 Å². The van der Waals surface area contributed by atoms with Crippen LogP contribution in [0.5, 0.6) is 5.75 Å². The summed E-state index contributed by atoms with van der Waals surface area (Å²) in [6, 6.07) is 26.3. The van der Waals surface area contributed by atoms with Crippen molar-refractivity contribution < 1.29 is 13.2 Å². The largest absolute Gasteiger partial charge is 0.487 e. The fourth-order valence-corrected chi connectivity index (χ4v) is 5.19. The lowest BCUT2D eigenvalue weighted by atomic mass is 10.1. The highest BCUT2D eigenvalue weighted by molar-refractivity contribution is 7.89. The second-order valence-corrected chi connectivity index (χ2v) is 9.60. The number of hydrogen-bond acceptors (Lipinski definition) is 5. The van der Waals surface area contributed by atoms with Gasteiger partial charge in [0.2, 0.25) is 10.0 Å². The predicted octanol–water partition coefficient (Wildman–Crippen LogP) is 3.77. The van der Waals surface area contributed by atoms with Gasteiger partial charge >= 0.3 is 0 Å². The minimum atomic E-state index is -3.57. The van der Waals surface area contributed by atoms with Gasteiger partial charge < -0.3 is 4.74 Å². The number of hydrogen-bond donors (Lipinski definition) is 0. The van der Waals surface area contributed by atoms with Gasteiger partial charge in [-0.15, -0.1) is 5.10 Å². The Bertz CT molecular complexity index is 1300. The lowest BCUT2D eigenvalue weighted by molar-refractivity contribution is 0.189. The molecule has 1 fully saturated rings. The number of ether oxygens (including phenoxy) is 1. The Kier molecular flexibility index (Phi) is 5.46. The molecule has 2 heterocycles. The molecule has 3 aromatic carbocycles. The highest BCUT2D eigenvalue weighted by Crippen LogP contribution is 2.30. The number of nitrogens with zero attached hydrogens (tertiary/aromatic N) is 4. The van der Waals surface area contributed by atoms with E-state index in [1.165, 1.54) is 4.31 Å². The number of benzene rings is 3. The van der Waals surface area contributed by atoms with Crippen molar-refractivity contribution in [3.05, 3.63) is 96.8 Å². The summed E-state index contributed by atoms with van der Waals surface area (Å²) in [6.45, 7) is 1.03. The molecule has 0 amide bonds. The van der Waals surface area contributed by atoms with Gasteiger partial charge in [0.25, 0.3) is 0 Å². The molecule has 0 unspecified atom stereocenters. The van der Waals surface area contributed by atoms with Gasteiger partial charge in [0, 0.05) is 13.1 Å². The first-order valence-electron chi connectivity index (χ1n) is 10.3. The van der Waals surface area contributed by atoms with E-state index >= 15 is 0 Å². The molecule has 1 aliphatic heterocycles. The quantitative estimate of drug-likeness (QED) is 0.432. The molecule has 0 saturated carbocycles. The van der Waals surface area contributed by atoms with Crippen LogP contribution in [0.15, 0.2) is 96.0 Å². The lowest BCUT2D eigenvalue weighted by Crippen LogP contribution is -2.50. The first kappa shape index (κ1) is 20.4. The number of sulfonamides is 1. The molecule has 32 heavy (non-hydrogen) atoms. The number of para-hydroxylation sites is 1. The Hall–Kier alpha value is -3.49. The Morgan fingerprint density at radius 3 is 2.31 bits per heavy atom. The molecule has 162 valence electrons. The lowest BCUT2D eigenvalue weighted by Gasteiger charge is -2.37. The average molecular weight is 447 g/mol. The van der Waals surface area contributed by atoms with Crippen LogP contribution in [0, 0.1) is 0 Å². The van der Waals surface area contributed by atoms with Crippen LogP contribution in [0.1, 0.15) is 11.7 Å². The van der Waals surface area contributed by atoms with Gasteiger partial charge in [-0.25, -0.2) is 13.1 Å². The monoisotopic (exact) mass is 446 g/mol. The molecule has 1 aromatic heterocycles. The smallest absolute Gasteiger partial charge is 0.243 e. The third-order valence-electron chi connectivity index (χ3n) is 5.47. The molecule has 1 aliphatic rings. The summed E-state index contributed by atoms with van der Waals surface area (Å²) in [5.74, 6) is 0.765. The Morgan fingerprint density at radius 2 is 1.56 bits per heavy atom. The van der Waals surface area contributed by atoms with Crippen molar-refractivity contribution in [2.24, 2.45) is 0 Å². The maximum absolute atomic E-state index is 13.1. The van der Waals surface area contributed by atoms with Crippen LogP contribution < -0.4 is 4.74 Å². The van der Waals surface area contributed by atoms with E-state index in [0.717, 1.165) is 16.9 Å². The molecule has 0 radical (unpaired) electrons. The minimum Gasteiger partial charge on any atom is -0.487 e. The number of rotatable bonds is 7. The van der Waals surface area contributed by atoms with Crippen LogP contribution >= 0.6 is 0 Å². The van der Waals surface area contributed by atoms with Gasteiger partial charge in [-0.1, -0.05) is 65.9 Å². The zero-order valence-electron chi connectivity index (χ0n) is 17.3. The molecule has 0 atom stereocenters. The maximum Gasteiger partial charge on any atom is 0.243 e. The van der Waals surface area contributed by atoms with Crippen LogP contribution in [0.3, 0.4) is 0 Å². The van der Waals surface area contributed by atoms with E-state index in [0.29, 0.717) is 30.3 Å². The summed E-state index contributed by atoms with van der Waals surface area (Å²) in [5.41, 5.74) is 2.56. The van der Waals surface area contributed by atoms with Crippen molar-refractivity contribution in [1.82, 2.24) is 19.3 Å². The molecule has 4 aromatic rings. The summed E-state index contributed by atoms with van der Waals surface area (Å²) in [7, 11) is -3.57. The zero-order valence-corrected chi connectivity index (χ0v) is 18.1. The molecule has 0 N–H and O–H groups in total. The third kappa shape index (κ3) is 4.15. The SMILES string of the molecule is O=S(=O)(c1cccc(-c2ccccc2)c1)N1CC(n2cc(COc3ccccc3)nn2)C1. The van der Waals surface area contributed by atoms with Crippen LogP contribution in [-0.4, -0.2) is 40.8 Å². The van der Waals surface area contributed by atoms with Gasteiger partial charge in [0.15, 0.2) is 0 Å². The molecule has 8 heteroatoms. The third-order valence-corrected chi connectivity index (χ3v) is 7.30. The van der Waals surface area contributed by atoms with Crippen LogP contribution in [0.4, 0.5) is 0 Å². The number of aromatic nitrogens is 3. The Labute approximate surface area is 186 Å². The first-order valence-corrected chi connectivity index (χ1v) is 11.8. The Morgan fingerprint density at radius 1 is 0.875 bits per heavy atom. The maximum atomic E-state index is 13.1. The topological polar surface area (TPSA) is 77.3 Å². The Balaban J connectivity index is 1.23. The van der Waals surface area contributed by atoms with Crippen molar-refractivity contribution in [2.75, 3.05) is 13.1 Å². The van der Waals surface area contributed by atoms with Crippen LogP contribution in [0.25, 0.3) is 11.1 Å². The molecule has 0 aliphatic carbocycles. The van der Waals surface area contributed by atoms with Gasteiger partial charge in [-0.2, -0.15) is 4.31 Å². The summed E-state index contributed by atoms with van der Waals surface area (Å²) < 4.78 is 35.1. The van der Waals surface area contributed by atoms with E-state index in [2.05, 4.69) is 10.3 Å². The molecule has 0 bridgehead atoms. The van der Waals surface area contributed by atoms with E-state index in [1.807, 2.05) is 72.9 Å². The van der Waals surface area contributed by atoms with Crippen molar-refractivity contribution in [2.45, 2.75) is 17.5 Å². The average Bonchev–Trinajstić information content (AvgIpc) is 3.26. The molecular weight excluding hydrogens is 424 g/mol. The molecule has 7 nitrogen and oxygen atoms in total. The van der Waals surface area contributed by atoms with Gasteiger partial charge in [-0.05, 0) is 35.4 Å². The van der Waals surface area contributed by atoms with Crippen LogP contribution in [-0.2, 0) is 16.6 Å². The minimum absolute atomic E-state index is 0.0416. The molecular formula is C24H22N4O3S. The molecule has 1 saturated heterocycles. The summed E-state index contributed by atoms with van der Waals surface area (Å²) in [4.78, 5) is 0.299. The zero-order chi connectivity index (χ0) is 22.0. The highest BCUT2D eigenvalue weighted by Gasteiger charge is 2.38. The van der Waals surface area contributed by atoms with Crippen LogP contribution in [0.2, 0.25) is 0 Å². The standard InChI is InChI=1S/C24H22N4O3S/c29-32(30,24-13-7-10-20(14-24)19-8-3-1-4-9-19)27-16-22(17-27)28-15-21(25-26-28)18-31-23-11-5-2-6-12-23/h1-15,22H,16-18H2. The fraction of sp³-hybridized carbons (Fsp3) is 0.167. The van der Waals surface area contributed by atoms with Crippen molar-refractivity contribution in [3.63, 3.8) is 0 Å². The summed E-state index contributed by atoms with van der Waals surface area (Å²) >= 11 is 0. The van der Waals surface area contributed by atoms with E-state index in [4.69, 9.17) is 4.74 Å². The summed E-state index contributed by atoms with van der Waals surface area (Å²) in [6.07, 6.45) is 1.81. The normalized spacial score (nSPS) is 14.8. The van der Waals surface area contributed by atoms with E-state index < -0.39 is 10.0 Å².